The van der Waals surface area contributed by atoms with Crippen LogP contribution in [0.1, 0.15) is 12.5 Å². The van der Waals surface area contributed by atoms with Gasteiger partial charge in [0, 0.05) is 18.1 Å². The van der Waals surface area contributed by atoms with E-state index in [1.807, 2.05) is 43.1 Å². The zero-order valence-electron chi connectivity index (χ0n) is 11.2. The minimum absolute atomic E-state index is 0.125. The van der Waals surface area contributed by atoms with Gasteiger partial charge >= 0.3 is 6.01 Å². The third kappa shape index (κ3) is 4.05. The van der Waals surface area contributed by atoms with Gasteiger partial charge in [-0.1, -0.05) is 28.1 Å². The molecule has 1 aromatic heterocycles. The Bertz CT molecular complexity index is 596. The molecule has 106 valence electrons. The molecule has 0 amide bonds. The quantitative estimate of drug-likeness (QED) is 0.821. The number of hydrogen-bond donors (Lipinski definition) is 0. The summed E-state index contributed by atoms with van der Waals surface area (Å²) in [5.74, 6) is 0.480. The first-order chi connectivity index (χ1) is 9.58. The van der Waals surface area contributed by atoms with Crippen molar-refractivity contribution in [2.45, 2.75) is 13.5 Å². The van der Waals surface area contributed by atoms with Gasteiger partial charge < -0.3 is 9.64 Å². The Morgan fingerprint density at radius 3 is 2.80 bits per heavy atom. The maximum absolute atomic E-state index is 5.88. The summed E-state index contributed by atoms with van der Waals surface area (Å²) in [6.45, 7) is 3.00. The van der Waals surface area contributed by atoms with E-state index in [9.17, 15) is 0 Å². The lowest BCUT2D eigenvalue weighted by Crippen LogP contribution is -2.20. The fourth-order valence-corrected chi connectivity index (χ4v) is 2.26. The Labute approximate surface area is 131 Å². The molecule has 0 aliphatic heterocycles. The van der Waals surface area contributed by atoms with E-state index in [1.54, 1.807) is 0 Å². The highest BCUT2D eigenvalue weighted by Crippen LogP contribution is 2.18. The number of hydrogen-bond acceptors (Lipinski definition) is 5. The predicted octanol–water partition coefficient (Wildman–Crippen LogP) is 3.32. The van der Waals surface area contributed by atoms with Gasteiger partial charge in [-0.25, -0.2) is 0 Å². The van der Waals surface area contributed by atoms with Gasteiger partial charge in [-0.05, 0) is 36.2 Å². The van der Waals surface area contributed by atoms with E-state index in [4.69, 9.17) is 16.3 Å². The molecule has 0 bridgehead atoms. The van der Waals surface area contributed by atoms with E-state index < -0.39 is 0 Å². The summed E-state index contributed by atoms with van der Waals surface area (Å²) in [5, 5.41) is 0.125. The largest absolute Gasteiger partial charge is 0.464 e. The molecule has 2 rings (SSSR count). The molecule has 5 nitrogen and oxygen atoms in total. The number of benzene rings is 1. The van der Waals surface area contributed by atoms with Crippen molar-refractivity contribution in [3.63, 3.8) is 0 Å². The Morgan fingerprint density at radius 1 is 1.30 bits per heavy atom. The van der Waals surface area contributed by atoms with Crippen molar-refractivity contribution in [3.8, 4) is 6.01 Å². The Kier molecular flexibility index (Phi) is 5.14. The molecule has 1 aromatic carbocycles. The molecule has 0 spiro atoms. The van der Waals surface area contributed by atoms with Crippen molar-refractivity contribution in [3.05, 3.63) is 39.6 Å². The average Bonchev–Trinajstić information content (AvgIpc) is 2.38. The van der Waals surface area contributed by atoms with Gasteiger partial charge in [-0.3, -0.25) is 0 Å². The van der Waals surface area contributed by atoms with Gasteiger partial charge in [0.05, 0.1) is 6.61 Å². The van der Waals surface area contributed by atoms with Crippen molar-refractivity contribution in [1.82, 2.24) is 15.0 Å². The molecule has 7 heteroatoms. The van der Waals surface area contributed by atoms with Gasteiger partial charge in [-0.15, -0.1) is 0 Å². The van der Waals surface area contributed by atoms with E-state index in [-0.39, 0.29) is 11.3 Å². The maximum Gasteiger partial charge on any atom is 0.322 e. The van der Waals surface area contributed by atoms with Crippen molar-refractivity contribution < 1.29 is 4.74 Å². The minimum atomic E-state index is 0.125. The summed E-state index contributed by atoms with van der Waals surface area (Å²) in [6.07, 6.45) is 0. The van der Waals surface area contributed by atoms with Crippen LogP contribution >= 0.6 is 27.5 Å². The maximum atomic E-state index is 5.88. The first-order valence-corrected chi connectivity index (χ1v) is 7.25. The number of rotatable bonds is 5. The second-order valence-corrected chi connectivity index (χ2v) is 5.36. The summed E-state index contributed by atoms with van der Waals surface area (Å²) in [5.41, 5.74) is 1.14. The zero-order valence-corrected chi connectivity index (χ0v) is 13.5. The molecule has 0 saturated carbocycles. The molecular weight excluding hydrogens is 344 g/mol. The van der Waals surface area contributed by atoms with Crippen LogP contribution in [0.2, 0.25) is 5.28 Å². The molecule has 0 aliphatic carbocycles. The van der Waals surface area contributed by atoms with Crippen molar-refractivity contribution in [2.24, 2.45) is 0 Å². The molecule has 0 atom stereocenters. The van der Waals surface area contributed by atoms with Crippen molar-refractivity contribution in [1.29, 1.82) is 0 Å². The normalized spacial score (nSPS) is 10.4. The van der Waals surface area contributed by atoms with E-state index >= 15 is 0 Å². The number of aromatic nitrogens is 3. The molecule has 20 heavy (non-hydrogen) atoms. The predicted molar refractivity (Wildman–Crippen MR) is 82.3 cm³/mol. The summed E-state index contributed by atoms with van der Waals surface area (Å²) in [4.78, 5) is 14.1. The van der Waals surface area contributed by atoms with E-state index in [1.165, 1.54) is 0 Å². The van der Waals surface area contributed by atoms with E-state index in [0.29, 0.717) is 19.1 Å². The second kappa shape index (κ2) is 6.85. The molecule has 1 heterocycles. The smallest absolute Gasteiger partial charge is 0.322 e. The van der Waals surface area contributed by atoms with Crippen LogP contribution < -0.4 is 9.64 Å². The lowest BCUT2D eigenvalue weighted by molar-refractivity contribution is 0.311. The fourth-order valence-electron chi connectivity index (χ4n) is 1.67. The average molecular weight is 358 g/mol. The topological polar surface area (TPSA) is 51.1 Å². The van der Waals surface area contributed by atoms with Crippen LogP contribution in [0.3, 0.4) is 0 Å². The van der Waals surface area contributed by atoms with Crippen molar-refractivity contribution >= 4 is 33.5 Å². The number of nitrogens with zero attached hydrogens (tertiary/aromatic N) is 4. The highest BCUT2D eigenvalue weighted by molar-refractivity contribution is 9.10. The van der Waals surface area contributed by atoms with Crippen LogP contribution in [0.25, 0.3) is 0 Å². The summed E-state index contributed by atoms with van der Waals surface area (Å²) < 4.78 is 6.30. The lowest BCUT2D eigenvalue weighted by atomic mass is 10.2. The van der Waals surface area contributed by atoms with Crippen LogP contribution in [-0.4, -0.2) is 28.6 Å². The minimum Gasteiger partial charge on any atom is -0.464 e. The zero-order chi connectivity index (χ0) is 14.5. The molecule has 2 aromatic rings. The molecule has 0 unspecified atom stereocenters. The monoisotopic (exact) mass is 356 g/mol. The molecule has 0 aliphatic rings. The third-order valence-electron chi connectivity index (χ3n) is 2.50. The van der Waals surface area contributed by atoms with E-state index in [0.717, 1.165) is 10.0 Å². The number of halogens is 2. The highest BCUT2D eigenvalue weighted by Gasteiger charge is 2.10. The summed E-state index contributed by atoms with van der Waals surface area (Å²) in [6, 6.07) is 8.29. The number of anilines is 1. The summed E-state index contributed by atoms with van der Waals surface area (Å²) >= 11 is 9.33. The highest BCUT2D eigenvalue weighted by atomic mass is 79.9. The van der Waals surface area contributed by atoms with Gasteiger partial charge in [0.1, 0.15) is 0 Å². The molecule has 0 N–H and O–H groups in total. The fraction of sp³-hybridized carbons (Fsp3) is 0.308. The van der Waals surface area contributed by atoms with Crippen LogP contribution in [0, 0.1) is 0 Å². The third-order valence-corrected chi connectivity index (χ3v) is 3.16. The van der Waals surface area contributed by atoms with Gasteiger partial charge in [-0.2, -0.15) is 15.0 Å². The second-order valence-electron chi connectivity index (χ2n) is 4.11. The Morgan fingerprint density at radius 2 is 2.10 bits per heavy atom. The standard InChI is InChI=1S/C13H14BrClN4O/c1-3-20-13-17-11(15)16-12(18-13)19(2)8-9-5-4-6-10(14)7-9/h4-7H,3,8H2,1-2H3. The first kappa shape index (κ1) is 15.0. The first-order valence-electron chi connectivity index (χ1n) is 6.08. The van der Waals surface area contributed by atoms with Gasteiger partial charge in [0.2, 0.25) is 11.2 Å². The van der Waals surface area contributed by atoms with Crippen LogP contribution in [0.15, 0.2) is 28.7 Å². The Balaban J connectivity index is 2.18. The van der Waals surface area contributed by atoms with Crippen LogP contribution in [-0.2, 0) is 6.54 Å². The van der Waals surface area contributed by atoms with Gasteiger partial charge in [0.15, 0.2) is 0 Å². The molecule has 0 radical (unpaired) electrons. The Hall–Kier alpha value is -1.40. The lowest BCUT2D eigenvalue weighted by Gasteiger charge is -2.17. The van der Waals surface area contributed by atoms with Crippen molar-refractivity contribution in [2.75, 3.05) is 18.6 Å². The van der Waals surface area contributed by atoms with Crippen LogP contribution in [0.5, 0.6) is 6.01 Å². The van der Waals surface area contributed by atoms with Gasteiger partial charge in [0.25, 0.3) is 0 Å². The molecule has 0 saturated heterocycles. The molecule has 0 fully saturated rings. The molecular formula is C13H14BrClN4O. The summed E-state index contributed by atoms with van der Waals surface area (Å²) in [7, 11) is 1.89. The SMILES string of the molecule is CCOc1nc(Cl)nc(N(C)Cc2cccc(Br)c2)n1. The van der Waals surface area contributed by atoms with E-state index in [2.05, 4.69) is 30.9 Å². The van der Waals surface area contributed by atoms with Crippen LogP contribution in [0.4, 0.5) is 5.95 Å². The number of ether oxygens (including phenoxy) is 1.